The largest absolute Gasteiger partial charge is 0.508 e. The van der Waals surface area contributed by atoms with Gasteiger partial charge in [-0.15, -0.1) is 10.2 Å². The lowest BCUT2D eigenvalue weighted by Gasteiger charge is -2.14. The van der Waals surface area contributed by atoms with Crippen molar-refractivity contribution in [2.45, 2.75) is 23.9 Å². The molecule has 0 saturated carbocycles. The number of phenols is 1. The first-order chi connectivity index (χ1) is 16.6. The number of phenolic OH excluding ortho intramolecular Hbond substituents is 1. The highest BCUT2D eigenvalue weighted by molar-refractivity contribution is 8.00. The van der Waals surface area contributed by atoms with E-state index < -0.39 is 5.25 Å². The molecule has 0 fully saturated rings. The van der Waals surface area contributed by atoms with Crippen molar-refractivity contribution in [1.82, 2.24) is 14.8 Å². The second-order valence-corrected chi connectivity index (χ2v) is 9.10. The Morgan fingerprint density at radius 1 is 1.03 bits per heavy atom. The van der Waals surface area contributed by atoms with E-state index in [1.165, 1.54) is 11.8 Å². The minimum atomic E-state index is -0.425. The first kappa shape index (κ1) is 21.8. The van der Waals surface area contributed by atoms with Crippen LogP contribution in [0, 0.1) is 0 Å². The average Bonchev–Trinajstić information content (AvgIpc) is 3.51. The molecular formula is C26H22N4O3S. The molecule has 0 aliphatic rings. The van der Waals surface area contributed by atoms with Crippen LogP contribution in [0.4, 0.5) is 5.69 Å². The van der Waals surface area contributed by atoms with Crippen molar-refractivity contribution in [3.05, 3.63) is 90.9 Å². The zero-order chi connectivity index (χ0) is 23.5. The molecule has 8 heteroatoms. The molecule has 0 aliphatic heterocycles. The van der Waals surface area contributed by atoms with Crippen LogP contribution in [0.2, 0.25) is 0 Å². The number of amides is 1. The number of furan rings is 1. The molecule has 0 bridgehead atoms. The molecule has 1 atom stereocenters. The molecule has 3 aromatic carbocycles. The second kappa shape index (κ2) is 9.44. The van der Waals surface area contributed by atoms with Gasteiger partial charge in [-0.05, 0) is 54.8 Å². The van der Waals surface area contributed by atoms with Crippen LogP contribution in [0.15, 0.2) is 94.7 Å². The molecule has 7 nitrogen and oxygen atoms in total. The van der Waals surface area contributed by atoms with E-state index in [0.717, 1.165) is 27.8 Å². The highest BCUT2D eigenvalue weighted by Gasteiger charge is 2.22. The topological polar surface area (TPSA) is 93.2 Å². The van der Waals surface area contributed by atoms with Crippen molar-refractivity contribution in [3.63, 3.8) is 0 Å². The molecule has 2 N–H and O–H groups in total. The van der Waals surface area contributed by atoms with E-state index >= 15 is 0 Å². The molecule has 0 aliphatic carbocycles. The number of hydrogen-bond donors (Lipinski definition) is 2. The minimum absolute atomic E-state index is 0.125. The SMILES string of the molecule is CC(Sc1nnc(-c2ccc(O)cc2)n1Cc1ccco1)C(=O)Nc1cccc2ccccc12. The number of carbonyl (C=O) groups is 1. The second-order valence-electron chi connectivity index (χ2n) is 7.79. The lowest BCUT2D eigenvalue weighted by Crippen LogP contribution is -2.23. The number of carbonyl (C=O) groups excluding carboxylic acids is 1. The number of nitrogens with one attached hydrogen (secondary N) is 1. The smallest absolute Gasteiger partial charge is 0.237 e. The molecule has 0 saturated heterocycles. The van der Waals surface area contributed by atoms with Crippen molar-refractivity contribution in [3.8, 4) is 17.1 Å². The standard InChI is InChI=1S/C26H22N4O3S/c1-17(25(32)27-23-10-4-7-18-6-2-3-9-22(18)23)34-26-29-28-24(19-11-13-20(31)14-12-19)30(26)16-21-8-5-15-33-21/h2-15,17,31H,16H2,1H3,(H,27,32). The van der Waals surface area contributed by atoms with Gasteiger partial charge >= 0.3 is 0 Å². The van der Waals surface area contributed by atoms with Crippen LogP contribution < -0.4 is 5.32 Å². The number of rotatable bonds is 7. The van der Waals surface area contributed by atoms with Crippen molar-refractivity contribution < 1.29 is 14.3 Å². The molecule has 2 aromatic heterocycles. The van der Waals surface area contributed by atoms with Gasteiger partial charge in [0, 0.05) is 16.6 Å². The molecular weight excluding hydrogens is 448 g/mol. The van der Waals surface area contributed by atoms with Gasteiger partial charge in [-0.1, -0.05) is 48.2 Å². The Labute approximate surface area is 200 Å². The molecule has 1 unspecified atom stereocenters. The maximum atomic E-state index is 13.1. The van der Waals surface area contributed by atoms with Crippen LogP contribution in [-0.4, -0.2) is 31.0 Å². The summed E-state index contributed by atoms with van der Waals surface area (Å²) in [7, 11) is 0. The number of nitrogens with zero attached hydrogens (tertiary/aromatic N) is 3. The summed E-state index contributed by atoms with van der Waals surface area (Å²) in [6.07, 6.45) is 1.62. The summed E-state index contributed by atoms with van der Waals surface area (Å²) in [5.41, 5.74) is 1.58. The van der Waals surface area contributed by atoms with Crippen molar-refractivity contribution >= 4 is 34.1 Å². The number of benzene rings is 3. The minimum Gasteiger partial charge on any atom is -0.508 e. The fourth-order valence-electron chi connectivity index (χ4n) is 3.68. The summed E-state index contributed by atoms with van der Waals surface area (Å²) >= 11 is 1.33. The first-order valence-electron chi connectivity index (χ1n) is 10.8. The van der Waals surface area contributed by atoms with Gasteiger partial charge in [0.15, 0.2) is 11.0 Å². The van der Waals surface area contributed by atoms with E-state index in [9.17, 15) is 9.90 Å². The Bertz CT molecular complexity index is 1420. The molecule has 170 valence electrons. The Hall–Kier alpha value is -4.04. The number of anilines is 1. The van der Waals surface area contributed by atoms with Crippen LogP contribution in [0.5, 0.6) is 5.75 Å². The summed E-state index contributed by atoms with van der Waals surface area (Å²) in [6, 6.07) is 24.3. The molecule has 0 radical (unpaired) electrons. The normalized spacial score (nSPS) is 12.0. The van der Waals surface area contributed by atoms with Crippen LogP contribution in [0.3, 0.4) is 0 Å². The van der Waals surface area contributed by atoms with Crippen molar-refractivity contribution in [2.75, 3.05) is 5.32 Å². The third kappa shape index (κ3) is 4.53. The first-order valence-corrected chi connectivity index (χ1v) is 11.7. The Morgan fingerprint density at radius 3 is 2.62 bits per heavy atom. The quantitative estimate of drug-likeness (QED) is 0.302. The van der Waals surface area contributed by atoms with Crippen LogP contribution in [0.25, 0.3) is 22.2 Å². The van der Waals surface area contributed by atoms with E-state index in [1.807, 2.05) is 66.1 Å². The summed E-state index contributed by atoms with van der Waals surface area (Å²) in [5, 5.41) is 23.7. The predicted octanol–water partition coefficient (Wildman–Crippen LogP) is 5.56. The number of aromatic hydroxyl groups is 1. The molecule has 5 rings (SSSR count). The van der Waals surface area contributed by atoms with Crippen molar-refractivity contribution in [2.24, 2.45) is 0 Å². The lowest BCUT2D eigenvalue weighted by molar-refractivity contribution is -0.115. The summed E-state index contributed by atoms with van der Waals surface area (Å²) in [6.45, 7) is 2.26. The van der Waals surface area contributed by atoms with Gasteiger partial charge in [-0.3, -0.25) is 9.36 Å². The fraction of sp³-hybridized carbons (Fsp3) is 0.115. The van der Waals surface area contributed by atoms with E-state index in [0.29, 0.717) is 17.5 Å². The predicted molar refractivity (Wildman–Crippen MR) is 133 cm³/mol. The van der Waals surface area contributed by atoms with Gasteiger partial charge in [0.05, 0.1) is 18.1 Å². The van der Waals surface area contributed by atoms with Gasteiger partial charge in [0.25, 0.3) is 0 Å². The number of aromatic nitrogens is 3. The van der Waals surface area contributed by atoms with Crippen LogP contribution in [0.1, 0.15) is 12.7 Å². The van der Waals surface area contributed by atoms with Gasteiger partial charge in [-0.2, -0.15) is 0 Å². The van der Waals surface area contributed by atoms with Crippen LogP contribution in [-0.2, 0) is 11.3 Å². The molecule has 34 heavy (non-hydrogen) atoms. The van der Waals surface area contributed by atoms with Gasteiger partial charge in [-0.25, -0.2) is 0 Å². The number of fused-ring (bicyclic) bond motifs is 1. The molecule has 5 aromatic rings. The van der Waals surface area contributed by atoms with Gasteiger partial charge in [0.1, 0.15) is 11.5 Å². The summed E-state index contributed by atoms with van der Waals surface area (Å²) in [5.74, 6) is 1.42. The highest BCUT2D eigenvalue weighted by atomic mass is 32.2. The van der Waals surface area contributed by atoms with E-state index in [1.54, 1.807) is 30.5 Å². The maximum absolute atomic E-state index is 13.1. The van der Waals surface area contributed by atoms with E-state index in [4.69, 9.17) is 4.42 Å². The zero-order valence-corrected chi connectivity index (χ0v) is 19.2. The van der Waals surface area contributed by atoms with Crippen LogP contribution >= 0.6 is 11.8 Å². The van der Waals surface area contributed by atoms with E-state index in [2.05, 4.69) is 15.5 Å². The highest BCUT2D eigenvalue weighted by Crippen LogP contribution is 2.30. The Kier molecular flexibility index (Phi) is 6.05. The average molecular weight is 471 g/mol. The van der Waals surface area contributed by atoms with Gasteiger partial charge in [0.2, 0.25) is 5.91 Å². The lowest BCUT2D eigenvalue weighted by atomic mass is 10.1. The Balaban J connectivity index is 1.40. The maximum Gasteiger partial charge on any atom is 0.237 e. The summed E-state index contributed by atoms with van der Waals surface area (Å²) in [4.78, 5) is 13.1. The monoisotopic (exact) mass is 470 g/mol. The zero-order valence-electron chi connectivity index (χ0n) is 18.4. The Morgan fingerprint density at radius 2 is 1.82 bits per heavy atom. The third-order valence-corrected chi connectivity index (χ3v) is 6.52. The van der Waals surface area contributed by atoms with Gasteiger partial charge < -0.3 is 14.8 Å². The third-order valence-electron chi connectivity index (χ3n) is 5.44. The molecule has 1 amide bonds. The number of hydrogen-bond acceptors (Lipinski definition) is 6. The van der Waals surface area contributed by atoms with E-state index in [-0.39, 0.29) is 11.7 Å². The fourth-order valence-corrected chi connectivity index (χ4v) is 4.53. The molecule has 2 heterocycles. The number of thioether (sulfide) groups is 1. The van der Waals surface area contributed by atoms with Crippen molar-refractivity contribution in [1.29, 1.82) is 0 Å². The molecule has 0 spiro atoms. The summed E-state index contributed by atoms with van der Waals surface area (Å²) < 4.78 is 7.45.